The van der Waals surface area contributed by atoms with Crippen molar-refractivity contribution in [2.24, 2.45) is 0 Å². The van der Waals surface area contributed by atoms with Crippen LogP contribution in [-0.2, 0) is 11.2 Å². The van der Waals surface area contributed by atoms with Gasteiger partial charge in [0.25, 0.3) is 0 Å². The SMILES string of the molecule is COC(C)c1c(C)cc2nc(C)ccc2c1-c1ccc2c3c(ccnc13)CCO2. The predicted octanol–water partition coefficient (Wildman–Crippen LogP) is 5.71. The van der Waals surface area contributed by atoms with E-state index in [0.29, 0.717) is 6.61 Å². The molecule has 0 amide bonds. The van der Waals surface area contributed by atoms with Crippen LogP contribution in [0.1, 0.15) is 35.4 Å². The second-order valence-electron chi connectivity index (χ2n) is 7.78. The molecule has 0 N–H and O–H groups in total. The van der Waals surface area contributed by atoms with Crippen molar-refractivity contribution in [2.45, 2.75) is 33.3 Å². The average Bonchev–Trinajstić information content (AvgIpc) is 2.73. The van der Waals surface area contributed by atoms with Gasteiger partial charge in [-0.3, -0.25) is 9.97 Å². The normalized spacial score (nSPS) is 14.2. The summed E-state index contributed by atoms with van der Waals surface area (Å²) in [7, 11) is 1.76. The zero-order chi connectivity index (χ0) is 20.1. The molecule has 3 heterocycles. The first-order chi connectivity index (χ1) is 14.1. The van der Waals surface area contributed by atoms with Gasteiger partial charge >= 0.3 is 0 Å². The van der Waals surface area contributed by atoms with E-state index in [1.807, 2.05) is 13.1 Å². The van der Waals surface area contributed by atoms with Crippen LogP contribution in [0.4, 0.5) is 0 Å². The number of fused-ring (bicyclic) bond motifs is 1. The van der Waals surface area contributed by atoms with Gasteiger partial charge in [-0.2, -0.15) is 0 Å². The summed E-state index contributed by atoms with van der Waals surface area (Å²) in [6, 6.07) is 12.7. The second-order valence-corrected chi connectivity index (χ2v) is 7.78. The first kappa shape index (κ1) is 18.1. The zero-order valence-corrected chi connectivity index (χ0v) is 17.2. The van der Waals surface area contributed by atoms with E-state index < -0.39 is 0 Å². The van der Waals surface area contributed by atoms with E-state index in [9.17, 15) is 0 Å². The van der Waals surface area contributed by atoms with Crippen LogP contribution in [0.15, 0.2) is 42.6 Å². The van der Waals surface area contributed by atoms with Gasteiger partial charge in [0.05, 0.1) is 23.7 Å². The third kappa shape index (κ3) is 2.78. The number of methoxy groups -OCH3 is 1. The van der Waals surface area contributed by atoms with E-state index in [0.717, 1.165) is 50.8 Å². The molecule has 1 atom stereocenters. The monoisotopic (exact) mass is 384 g/mol. The molecule has 146 valence electrons. The number of pyridine rings is 2. The molecule has 0 saturated carbocycles. The third-order valence-electron chi connectivity index (χ3n) is 5.98. The predicted molar refractivity (Wildman–Crippen MR) is 117 cm³/mol. The van der Waals surface area contributed by atoms with Crippen molar-refractivity contribution in [3.63, 3.8) is 0 Å². The van der Waals surface area contributed by atoms with Gasteiger partial charge in [-0.1, -0.05) is 6.07 Å². The molecule has 0 spiro atoms. The highest BCUT2D eigenvalue weighted by atomic mass is 16.5. The van der Waals surface area contributed by atoms with E-state index in [4.69, 9.17) is 19.4 Å². The molecule has 4 nitrogen and oxygen atoms in total. The molecule has 0 bridgehead atoms. The van der Waals surface area contributed by atoms with Crippen LogP contribution in [0.25, 0.3) is 32.9 Å². The minimum absolute atomic E-state index is 0.0437. The highest BCUT2D eigenvalue weighted by molar-refractivity contribution is 6.07. The number of aromatic nitrogens is 2. The zero-order valence-electron chi connectivity index (χ0n) is 17.2. The highest BCUT2D eigenvalue weighted by Gasteiger charge is 2.23. The van der Waals surface area contributed by atoms with Crippen LogP contribution in [-0.4, -0.2) is 23.7 Å². The first-order valence-corrected chi connectivity index (χ1v) is 10.1. The van der Waals surface area contributed by atoms with Crippen LogP contribution >= 0.6 is 0 Å². The molecule has 4 aromatic rings. The van der Waals surface area contributed by atoms with Gasteiger partial charge in [-0.25, -0.2) is 0 Å². The average molecular weight is 384 g/mol. The number of hydrogen-bond acceptors (Lipinski definition) is 4. The lowest BCUT2D eigenvalue weighted by atomic mass is 9.87. The Hall–Kier alpha value is -2.98. The van der Waals surface area contributed by atoms with Crippen LogP contribution in [0.5, 0.6) is 5.75 Å². The lowest BCUT2D eigenvalue weighted by molar-refractivity contribution is 0.119. The summed E-state index contributed by atoms with van der Waals surface area (Å²) in [5, 5.41) is 2.25. The van der Waals surface area contributed by atoms with Gasteiger partial charge < -0.3 is 9.47 Å². The fourth-order valence-electron chi connectivity index (χ4n) is 4.56. The smallest absolute Gasteiger partial charge is 0.129 e. The molecular weight excluding hydrogens is 360 g/mol. The maximum Gasteiger partial charge on any atom is 0.129 e. The molecule has 1 unspecified atom stereocenters. The maximum atomic E-state index is 5.94. The Morgan fingerprint density at radius 3 is 2.79 bits per heavy atom. The topological polar surface area (TPSA) is 44.2 Å². The van der Waals surface area contributed by atoms with E-state index in [2.05, 4.69) is 50.2 Å². The molecule has 5 rings (SSSR count). The molecule has 2 aromatic heterocycles. The number of ether oxygens (including phenoxy) is 2. The molecule has 0 saturated heterocycles. The van der Waals surface area contributed by atoms with Crippen molar-refractivity contribution in [3.8, 4) is 16.9 Å². The molecule has 0 aliphatic carbocycles. The highest BCUT2D eigenvalue weighted by Crippen LogP contribution is 2.43. The Morgan fingerprint density at radius 1 is 1.10 bits per heavy atom. The number of aryl methyl sites for hydroxylation is 2. The van der Waals surface area contributed by atoms with Gasteiger partial charge in [0.2, 0.25) is 0 Å². The van der Waals surface area contributed by atoms with Gasteiger partial charge in [0.1, 0.15) is 5.75 Å². The van der Waals surface area contributed by atoms with Crippen molar-refractivity contribution >= 4 is 21.8 Å². The number of nitrogens with zero attached hydrogens (tertiary/aromatic N) is 2. The standard InChI is InChI=1S/C25H24N2O2/c1-14-13-20-18(6-5-15(2)27-20)24(22(14)16(3)28-4)19-7-8-21-23-17(10-12-29-21)9-11-26-25(19)23/h5-9,11,13,16H,10,12H2,1-4H3. The van der Waals surface area contributed by atoms with E-state index in [1.165, 1.54) is 16.7 Å². The minimum Gasteiger partial charge on any atom is -0.493 e. The fraction of sp³-hybridized carbons (Fsp3) is 0.280. The molecule has 4 heteroatoms. The molecule has 29 heavy (non-hydrogen) atoms. The quantitative estimate of drug-likeness (QED) is 0.454. The van der Waals surface area contributed by atoms with Crippen molar-refractivity contribution in [1.82, 2.24) is 9.97 Å². The van der Waals surface area contributed by atoms with Crippen LogP contribution in [0, 0.1) is 13.8 Å². The Morgan fingerprint density at radius 2 is 1.97 bits per heavy atom. The van der Waals surface area contributed by atoms with E-state index >= 15 is 0 Å². The molecule has 2 aromatic carbocycles. The largest absolute Gasteiger partial charge is 0.493 e. The molecule has 0 radical (unpaired) electrons. The number of benzene rings is 2. The lowest BCUT2D eigenvalue weighted by Crippen LogP contribution is -2.10. The van der Waals surface area contributed by atoms with Crippen LogP contribution < -0.4 is 4.74 Å². The summed E-state index contributed by atoms with van der Waals surface area (Å²) >= 11 is 0. The Labute approximate surface area is 170 Å². The van der Waals surface area contributed by atoms with Gasteiger partial charge in [0.15, 0.2) is 0 Å². The summed E-state index contributed by atoms with van der Waals surface area (Å²) < 4.78 is 11.7. The van der Waals surface area contributed by atoms with Crippen molar-refractivity contribution < 1.29 is 9.47 Å². The Kier molecular flexibility index (Phi) is 4.25. The fourth-order valence-corrected chi connectivity index (χ4v) is 4.56. The maximum absolute atomic E-state index is 5.94. The van der Waals surface area contributed by atoms with Gasteiger partial charge in [-0.15, -0.1) is 0 Å². The summed E-state index contributed by atoms with van der Waals surface area (Å²) in [4.78, 5) is 9.61. The van der Waals surface area contributed by atoms with E-state index in [1.54, 1.807) is 7.11 Å². The summed E-state index contributed by atoms with van der Waals surface area (Å²) in [6.07, 6.45) is 2.78. The van der Waals surface area contributed by atoms with Crippen molar-refractivity contribution in [1.29, 1.82) is 0 Å². The molecule has 1 aliphatic rings. The number of rotatable bonds is 3. The van der Waals surface area contributed by atoms with Crippen molar-refractivity contribution in [3.05, 3.63) is 65.0 Å². The molecule has 0 fully saturated rings. The molecular formula is C25H24N2O2. The lowest BCUT2D eigenvalue weighted by Gasteiger charge is -2.23. The third-order valence-corrected chi connectivity index (χ3v) is 5.98. The summed E-state index contributed by atoms with van der Waals surface area (Å²) in [6.45, 7) is 6.98. The summed E-state index contributed by atoms with van der Waals surface area (Å²) in [5.41, 5.74) is 8.92. The molecule has 1 aliphatic heterocycles. The van der Waals surface area contributed by atoms with Crippen molar-refractivity contribution in [2.75, 3.05) is 13.7 Å². The van der Waals surface area contributed by atoms with E-state index in [-0.39, 0.29) is 6.10 Å². The first-order valence-electron chi connectivity index (χ1n) is 10.1. The van der Waals surface area contributed by atoms with Gasteiger partial charge in [0, 0.05) is 41.8 Å². The van der Waals surface area contributed by atoms with Crippen LogP contribution in [0.3, 0.4) is 0 Å². The summed E-state index contributed by atoms with van der Waals surface area (Å²) in [5.74, 6) is 0.922. The second kappa shape index (κ2) is 6.82. The van der Waals surface area contributed by atoms with Crippen LogP contribution in [0.2, 0.25) is 0 Å². The number of hydrogen-bond donors (Lipinski definition) is 0. The van der Waals surface area contributed by atoms with Gasteiger partial charge in [-0.05, 0) is 73.4 Å². The minimum atomic E-state index is -0.0437. The Bertz CT molecular complexity index is 1250. The Balaban J connectivity index is 1.94.